The lowest BCUT2D eigenvalue weighted by molar-refractivity contribution is 0.000443. The summed E-state index contributed by atoms with van der Waals surface area (Å²) in [4.78, 5) is 16.6. The van der Waals surface area contributed by atoms with Crippen molar-refractivity contribution in [1.29, 1.82) is 5.26 Å². The van der Waals surface area contributed by atoms with Crippen LogP contribution in [0.15, 0.2) is 18.2 Å². The number of aromatic nitrogens is 1. The Bertz CT molecular complexity index is 848. The van der Waals surface area contributed by atoms with Crippen LogP contribution in [-0.4, -0.2) is 55.0 Å². The first-order valence-corrected chi connectivity index (χ1v) is 11.9. The fourth-order valence-corrected chi connectivity index (χ4v) is 5.13. The zero-order chi connectivity index (χ0) is 18.2. The number of H-pyrrole nitrogens is 1. The number of nitriles is 1. The van der Waals surface area contributed by atoms with Crippen LogP contribution in [0.2, 0.25) is 19.6 Å². The molecule has 0 spiro atoms. The zero-order valence-corrected chi connectivity index (χ0v) is 15.8. The molecule has 1 atom stereocenters. The highest BCUT2D eigenvalue weighted by Crippen LogP contribution is 2.24. The first-order valence-electron chi connectivity index (χ1n) is 8.43. The van der Waals surface area contributed by atoms with E-state index in [0.29, 0.717) is 31.7 Å². The second kappa shape index (κ2) is 6.54. The lowest BCUT2D eigenvalue weighted by atomic mass is 10.0. The van der Waals surface area contributed by atoms with Gasteiger partial charge in [-0.1, -0.05) is 19.6 Å². The third-order valence-electron chi connectivity index (χ3n) is 4.70. The largest absolute Gasteiger partial charge is 0.465 e. The monoisotopic (exact) mass is 357 g/mol. The number of hydrogen-bond acceptors (Lipinski definition) is 3. The molecule has 0 aliphatic carbocycles. The standard InChI is InChI=1S/C18H23N3O3Si/c1-25(2,3)17-15(9-13-11-24-7-6-21(13)18(22)23)14-8-12(10-19)4-5-16(14)20-17/h4-5,8,13,20H,6-7,9,11H2,1-3H3,(H,22,23)/t13-/m0/s1. The molecule has 3 rings (SSSR count). The molecule has 25 heavy (non-hydrogen) atoms. The summed E-state index contributed by atoms with van der Waals surface area (Å²) in [6.07, 6.45) is -0.304. The van der Waals surface area contributed by atoms with E-state index in [9.17, 15) is 15.2 Å². The maximum absolute atomic E-state index is 11.6. The number of nitrogens with zero attached hydrogens (tertiary/aromatic N) is 2. The number of morpholine rings is 1. The van der Waals surface area contributed by atoms with Crippen molar-refractivity contribution >= 4 is 30.4 Å². The topological polar surface area (TPSA) is 89.4 Å². The van der Waals surface area contributed by atoms with E-state index in [0.717, 1.165) is 16.5 Å². The quantitative estimate of drug-likeness (QED) is 0.826. The normalized spacial score (nSPS) is 18.3. The van der Waals surface area contributed by atoms with Gasteiger partial charge in [0, 0.05) is 22.8 Å². The summed E-state index contributed by atoms with van der Waals surface area (Å²) in [5, 5.41) is 21.0. The third kappa shape index (κ3) is 3.41. The highest BCUT2D eigenvalue weighted by molar-refractivity contribution is 6.88. The molecule has 1 aromatic heterocycles. The molecule has 1 aliphatic heterocycles. The molecule has 1 aliphatic rings. The minimum atomic E-state index is -1.67. The molecule has 1 fully saturated rings. The number of fused-ring (bicyclic) bond motifs is 1. The van der Waals surface area contributed by atoms with Crippen molar-refractivity contribution in [1.82, 2.24) is 9.88 Å². The Labute approximate surface area is 148 Å². The molecule has 1 aromatic carbocycles. The number of hydrogen-bond donors (Lipinski definition) is 2. The maximum Gasteiger partial charge on any atom is 0.407 e. The molecule has 1 saturated heterocycles. The Morgan fingerprint density at radius 2 is 2.24 bits per heavy atom. The molecule has 0 unspecified atom stereocenters. The minimum absolute atomic E-state index is 0.203. The molecule has 0 radical (unpaired) electrons. The van der Waals surface area contributed by atoms with Crippen molar-refractivity contribution in [2.45, 2.75) is 32.1 Å². The van der Waals surface area contributed by atoms with Crippen LogP contribution in [-0.2, 0) is 11.2 Å². The number of nitrogens with one attached hydrogen (secondary N) is 1. The Kier molecular flexibility index (Phi) is 4.58. The van der Waals surface area contributed by atoms with Gasteiger partial charge in [-0.15, -0.1) is 0 Å². The predicted molar refractivity (Wildman–Crippen MR) is 99.0 cm³/mol. The minimum Gasteiger partial charge on any atom is -0.465 e. The van der Waals surface area contributed by atoms with E-state index in [4.69, 9.17) is 4.74 Å². The van der Waals surface area contributed by atoms with Crippen molar-refractivity contribution in [2.75, 3.05) is 19.8 Å². The first-order chi connectivity index (χ1) is 11.8. The van der Waals surface area contributed by atoms with E-state index in [-0.39, 0.29) is 6.04 Å². The summed E-state index contributed by atoms with van der Waals surface area (Å²) >= 11 is 0. The van der Waals surface area contributed by atoms with Crippen molar-refractivity contribution in [3.63, 3.8) is 0 Å². The number of benzene rings is 1. The smallest absolute Gasteiger partial charge is 0.407 e. The summed E-state index contributed by atoms with van der Waals surface area (Å²) in [6.45, 7) is 8.03. The van der Waals surface area contributed by atoms with Crippen LogP contribution in [0.1, 0.15) is 11.1 Å². The van der Waals surface area contributed by atoms with Crippen LogP contribution in [0.25, 0.3) is 10.9 Å². The summed E-state index contributed by atoms with van der Waals surface area (Å²) in [7, 11) is -1.67. The molecule has 0 saturated carbocycles. The number of rotatable bonds is 3. The van der Waals surface area contributed by atoms with Gasteiger partial charge in [0.05, 0.1) is 39.0 Å². The second-order valence-electron chi connectivity index (χ2n) is 7.51. The van der Waals surface area contributed by atoms with Gasteiger partial charge in [0.1, 0.15) is 0 Å². The van der Waals surface area contributed by atoms with Crippen LogP contribution < -0.4 is 5.32 Å². The molecular formula is C18H23N3O3Si. The van der Waals surface area contributed by atoms with Crippen molar-refractivity contribution in [3.8, 4) is 6.07 Å². The van der Waals surface area contributed by atoms with E-state index in [1.54, 1.807) is 0 Å². The highest BCUT2D eigenvalue weighted by atomic mass is 28.3. The first kappa shape index (κ1) is 17.5. The Morgan fingerprint density at radius 3 is 2.88 bits per heavy atom. The van der Waals surface area contributed by atoms with Crippen molar-refractivity contribution < 1.29 is 14.6 Å². The van der Waals surface area contributed by atoms with Gasteiger partial charge in [-0.2, -0.15) is 5.26 Å². The van der Waals surface area contributed by atoms with Gasteiger partial charge in [-0.25, -0.2) is 4.79 Å². The predicted octanol–water partition coefficient (Wildman–Crippen LogP) is 2.51. The average molecular weight is 357 g/mol. The number of carboxylic acid groups (broad SMARTS) is 1. The maximum atomic E-state index is 11.6. The Balaban J connectivity index is 2.09. The zero-order valence-electron chi connectivity index (χ0n) is 14.8. The van der Waals surface area contributed by atoms with Crippen molar-refractivity contribution in [2.24, 2.45) is 0 Å². The lowest BCUT2D eigenvalue weighted by Gasteiger charge is -2.34. The summed E-state index contributed by atoms with van der Waals surface area (Å²) in [5.74, 6) is 0. The van der Waals surface area contributed by atoms with Crippen LogP contribution in [0, 0.1) is 11.3 Å². The molecule has 2 aromatic rings. The Hall–Kier alpha value is -2.30. The number of carbonyl (C=O) groups is 1. The summed E-state index contributed by atoms with van der Waals surface area (Å²) in [6, 6.07) is 7.64. The molecule has 1 amide bonds. The number of amides is 1. The van der Waals surface area contributed by atoms with E-state index in [1.165, 1.54) is 10.2 Å². The van der Waals surface area contributed by atoms with Crippen LogP contribution >= 0.6 is 0 Å². The fourth-order valence-electron chi connectivity index (χ4n) is 3.48. The third-order valence-corrected chi connectivity index (χ3v) is 6.62. The van der Waals surface area contributed by atoms with E-state index < -0.39 is 14.2 Å². The van der Waals surface area contributed by atoms with Gasteiger partial charge in [-0.3, -0.25) is 0 Å². The molecule has 132 valence electrons. The summed E-state index contributed by atoms with van der Waals surface area (Å²) in [5.41, 5.74) is 2.75. The number of aromatic amines is 1. The fraction of sp³-hybridized carbons (Fsp3) is 0.444. The lowest BCUT2D eigenvalue weighted by Crippen LogP contribution is -2.50. The van der Waals surface area contributed by atoms with E-state index in [2.05, 4.69) is 30.7 Å². The average Bonchev–Trinajstić information content (AvgIpc) is 2.93. The molecule has 7 heteroatoms. The van der Waals surface area contributed by atoms with Crippen LogP contribution in [0.5, 0.6) is 0 Å². The van der Waals surface area contributed by atoms with E-state index >= 15 is 0 Å². The van der Waals surface area contributed by atoms with Gasteiger partial charge < -0.3 is 19.7 Å². The van der Waals surface area contributed by atoms with Gasteiger partial charge in [0.15, 0.2) is 0 Å². The van der Waals surface area contributed by atoms with Crippen LogP contribution in [0.3, 0.4) is 0 Å². The molecule has 2 N–H and O–H groups in total. The summed E-state index contributed by atoms with van der Waals surface area (Å²) < 4.78 is 5.54. The molecule has 6 nitrogen and oxygen atoms in total. The molecule has 2 heterocycles. The SMILES string of the molecule is C[Si](C)(C)c1[nH]c2ccc(C#N)cc2c1C[C@H]1COCCN1C(=O)O. The van der Waals surface area contributed by atoms with Gasteiger partial charge in [-0.05, 0) is 30.2 Å². The van der Waals surface area contributed by atoms with Gasteiger partial charge in [0.25, 0.3) is 0 Å². The van der Waals surface area contributed by atoms with Crippen LogP contribution in [0.4, 0.5) is 4.79 Å². The highest BCUT2D eigenvalue weighted by Gasteiger charge is 2.31. The molecular weight excluding hydrogens is 334 g/mol. The molecule has 0 bridgehead atoms. The van der Waals surface area contributed by atoms with E-state index in [1.807, 2.05) is 18.2 Å². The second-order valence-corrected chi connectivity index (χ2v) is 12.5. The number of ether oxygens (including phenoxy) is 1. The van der Waals surface area contributed by atoms with Crippen molar-refractivity contribution in [3.05, 3.63) is 29.3 Å². The van der Waals surface area contributed by atoms with Gasteiger partial charge in [0.2, 0.25) is 0 Å². The van der Waals surface area contributed by atoms with Gasteiger partial charge >= 0.3 is 6.09 Å². The Morgan fingerprint density at radius 1 is 1.48 bits per heavy atom.